The second-order valence-electron chi connectivity index (χ2n) is 8.78. The van der Waals surface area contributed by atoms with Crippen LogP contribution >= 0.6 is 0 Å². The van der Waals surface area contributed by atoms with Crippen LogP contribution in [0.5, 0.6) is 0 Å². The van der Waals surface area contributed by atoms with E-state index in [2.05, 4.69) is 0 Å². The van der Waals surface area contributed by atoms with E-state index in [1.807, 2.05) is 0 Å². The second-order valence-corrected chi connectivity index (χ2v) is 11.0. The summed E-state index contributed by atoms with van der Waals surface area (Å²) >= 11 is 0. The van der Waals surface area contributed by atoms with Crippen molar-refractivity contribution in [2.75, 3.05) is 23.0 Å². The maximum absolute atomic E-state index is 14.0. The van der Waals surface area contributed by atoms with Crippen molar-refractivity contribution in [2.45, 2.75) is 52.3 Å². The van der Waals surface area contributed by atoms with E-state index in [1.54, 1.807) is 33.8 Å². The Kier molecular flexibility index (Phi) is 5.64. The summed E-state index contributed by atoms with van der Waals surface area (Å²) in [7, 11) is -3.24. The topological polar surface area (TPSA) is 84.0 Å². The molecule has 0 aromatic heterocycles. The van der Waals surface area contributed by atoms with Crippen LogP contribution in [-0.2, 0) is 25.9 Å². The quantitative estimate of drug-likeness (QED) is 0.690. The molecule has 9 heteroatoms. The fraction of sp³-hybridized carbons (Fsp3) is 0.600. The molecule has 160 valence electrons. The van der Waals surface area contributed by atoms with Crippen molar-refractivity contribution in [2.24, 2.45) is 5.92 Å². The van der Waals surface area contributed by atoms with Gasteiger partial charge in [-0.2, -0.15) is 0 Å². The molecule has 0 N–H and O–H groups in total. The van der Waals surface area contributed by atoms with Gasteiger partial charge < -0.3 is 9.64 Å². The SMILES string of the molecule is CC1CN(C(=O)C2CCS(=O)(=O)C2)c2cc(F)ccc2CN1C(=O)OC(C)(C)C. The van der Waals surface area contributed by atoms with Gasteiger partial charge in [-0.1, -0.05) is 6.07 Å². The van der Waals surface area contributed by atoms with Gasteiger partial charge in [0.1, 0.15) is 11.4 Å². The first kappa shape index (κ1) is 21.5. The van der Waals surface area contributed by atoms with Gasteiger partial charge in [0.05, 0.1) is 35.7 Å². The molecule has 0 saturated carbocycles. The summed E-state index contributed by atoms with van der Waals surface area (Å²) in [5.41, 5.74) is 0.302. The van der Waals surface area contributed by atoms with E-state index in [0.29, 0.717) is 11.3 Å². The number of fused-ring (bicyclic) bond motifs is 1. The molecule has 2 aliphatic heterocycles. The van der Waals surface area contributed by atoms with Gasteiger partial charge in [-0.25, -0.2) is 17.6 Å². The minimum absolute atomic E-state index is 0.0210. The number of halogens is 1. The van der Waals surface area contributed by atoms with Crippen LogP contribution in [0.3, 0.4) is 0 Å². The summed E-state index contributed by atoms with van der Waals surface area (Å²) in [5.74, 6) is -1.73. The largest absolute Gasteiger partial charge is 0.444 e. The summed E-state index contributed by atoms with van der Waals surface area (Å²) < 4.78 is 43.2. The minimum atomic E-state index is -3.24. The van der Waals surface area contributed by atoms with E-state index in [4.69, 9.17) is 4.74 Å². The highest BCUT2D eigenvalue weighted by molar-refractivity contribution is 7.91. The number of benzene rings is 1. The fourth-order valence-electron chi connectivity index (χ4n) is 3.71. The Balaban J connectivity index is 1.94. The van der Waals surface area contributed by atoms with Crippen LogP contribution in [0.25, 0.3) is 0 Å². The molecule has 2 heterocycles. The van der Waals surface area contributed by atoms with E-state index < -0.39 is 39.3 Å². The predicted octanol–water partition coefficient (Wildman–Crippen LogP) is 2.73. The van der Waals surface area contributed by atoms with Crippen molar-refractivity contribution < 1.29 is 27.1 Å². The molecular formula is C20H27FN2O5S. The average Bonchev–Trinajstić information content (AvgIpc) is 2.88. The maximum atomic E-state index is 14.0. The van der Waals surface area contributed by atoms with Crippen molar-refractivity contribution in [1.82, 2.24) is 4.90 Å². The molecule has 29 heavy (non-hydrogen) atoms. The highest BCUT2D eigenvalue weighted by atomic mass is 32.2. The van der Waals surface area contributed by atoms with Crippen LogP contribution in [0.4, 0.5) is 14.9 Å². The van der Waals surface area contributed by atoms with E-state index in [-0.39, 0.29) is 36.9 Å². The van der Waals surface area contributed by atoms with Crippen molar-refractivity contribution in [3.05, 3.63) is 29.6 Å². The average molecular weight is 427 g/mol. The number of ether oxygens (including phenoxy) is 1. The van der Waals surface area contributed by atoms with Crippen molar-refractivity contribution in [3.8, 4) is 0 Å². The molecule has 2 unspecified atom stereocenters. The maximum Gasteiger partial charge on any atom is 0.410 e. The summed E-state index contributed by atoms with van der Waals surface area (Å²) in [6.45, 7) is 7.40. The fourth-order valence-corrected chi connectivity index (χ4v) is 5.44. The summed E-state index contributed by atoms with van der Waals surface area (Å²) in [6.07, 6.45) is -0.259. The number of hydrogen-bond acceptors (Lipinski definition) is 5. The molecule has 0 aliphatic carbocycles. The highest BCUT2D eigenvalue weighted by Gasteiger charge is 2.39. The zero-order valence-electron chi connectivity index (χ0n) is 17.1. The minimum Gasteiger partial charge on any atom is -0.444 e. The number of nitrogens with zero attached hydrogens (tertiary/aromatic N) is 2. The summed E-state index contributed by atoms with van der Waals surface area (Å²) in [5, 5.41) is 0. The predicted molar refractivity (Wildman–Crippen MR) is 107 cm³/mol. The summed E-state index contributed by atoms with van der Waals surface area (Å²) in [6, 6.07) is 3.70. The molecule has 1 aromatic rings. The number of amides is 2. The molecule has 3 rings (SSSR count). The van der Waals surface area contributed by atoms with Gasteiger partial charge in [0.15, 0.2) is 9.84 Å². The first-order chi connectivity index (χ1) is 13.4. The highest BCUT2D eigenvalue weighted by Crippen LogP contribution is 2.32. The molecule has 2 aliphatic rings. The Morgan fingerprint density at radius 2 is 1.93 bits per heavy atom. The zero-order valence-corrected chi connectivity index (χ0v) is 18.0. The van der Waals surface area contributed by atoms with Gasteiger partial charge in [-0.3, -0.25) is 9.69 Å². The Morgan fingerprint density at radius 3 is 2.52 bits per heavy atom. The van der Waals surface area contributed by atoms with Gasteiger partial charge >= 0.3 is 6.09 Å². The Hall–Kier alpha value is -2.16. The number of sulfone groups is 1. The lowest BCUT2D eigenvalue weighted by Gasteiger charge is -2.31. The van der Waals surface area contributed by atoms with Crippen LogP contribution in [0.2, 0.25) is 0 Å². The van der Waals surface area contributed by atoms with E-state index >= 15 is 0 Å². The first-order valence-corrected chi connectivity index (χ1v) is 11.5. The molecule has 1 fully saturated rings. The number of hydrogen-bond donors (Lipinski definition) is 0. The molecule has 1 aromatic carbocycles. The normalized spacial score (nSPS) is 24.0. The molecule has 1 saturated heterocycles. The number of carbonyl (C=O) groups excluding carboxylic acids is 2. The van der Waals surface area contributed by atoms with Gasteiger partial charge in [0, 0.05) is 6.54 Å². The third-order valence-corrected chi connectivity index (χ3v) is 6.90. The molecule has 2 atom stereocenters. The number of rotatable bonds is 1. The van der Waals surface area contributed by atoms with Crippen molar-refractivity contribution in [1.29, 1.82) is 0 Å². The Morgan fingerprint density at radius 1 is 1.24 bits per heavy atom. The van der Waals surface area contributed by atoms with Crippen molar-refractivity contribution >= 4 is 27.5 Å². The lowest BCUT2D eigenvalue weighted by molar-refractivity contribution is -0.121. The van der Waals surface area contributed by atoms with Gasteiger partial charge in [-0.05, 0) is 51.8 Å². The molecule has 0 bridgehead atoms. The Labute approximate surface area is 170 Å². The molecule has 0 spiro atoms. The van der Waals surface area contributed by atoms with Crippen molar-refractivity contribution in [3.63, 3.8) is 0 Å². The summed E-state index contributed by atoms with van der Waals surface area (Å²) in [4.78, 5) is 28.8. The lowest BCUT2D eigenvalue weighted by atomic mass is 10.1. The van der Waals surface area contributed by atoms with Crippen LogP contribution in [0, 0.1) is 11.7 Å². The first-order valence-electron chi connectivity index (χ1n) is 9.66. The van der Waals surface area contributed by atoms with E-state index in [9.17, 15) is 22.4 Å². The van der Waals surface area contributed by atoms with Crippen LogP contribution in [0.15, 0.2) is 18.2 Å². The smallest absolute Gasteiger partial charge is 0.410 e. The van der Waals surface area contributed by atoms with Gasteiger partial charge in [-0.15, -0.1) is 0 Å². The third-order valence-electron chi connectivity index (χ3n) is 5.13. The molecular weight excluding hydrogens is 399 g/mol. The number of anilines is 1. The van der Waals surface area contributed by atoms with E-state index in [0.717, 1.165) is 0 Å². The van der Waals surface area contributed by atoms with E-state index in [1.165, 1.54) is 21.9 Å². The number of carbonyl (C=O) groups is 2. The monoisotopic (exact) mass is 426 g/mol. The zero-order chi connectivity index (χ0) is 21.6. The Bertz CT molecular complexity index is 925. The second kappa shape index (κ2) is 7.59. The van der Waals surface area contributed by atoms with Gasteiger partial charge in [0.2, 0.25) is 5.91 Å². The molecule has 0 radical (unpaired) electrons. The van der Waals surface area contributed by atoms with Crippen LogP contribution in [-0.4, -0.2) is 55.0 Å². The van der Waals surface area contributed by atoms with Crippen LogP contribution in [0.1, 0.15) is 39.7 Å². The standard InChI is InChI=1S/C20H27FN2O5S/c1-13-10-23(18(24)15-7-8-29(26,27)12-15)17-9-16(21)6-5-14(17)11-22(13)19(25)28-20(2,3)4/h5-6,9,13,15H,7-8,10-12H2,1-4H3. The van der Waals surface area contributed by atoms with Crippen LogP contribution < -0.4 is 4.90 Å². The lowest BCUT2D eigenvalue weighted by Crippen LogP contribution is -2.47. The third kappa shape index (κ3) is 4.88. The van der Waals surface area contributed by atoms with Gasteiger partial charge in [0.25, 0.3) is 0 Å². The molecule has 2 amide bonds. The molecule has 7 nitrogen and oxygen atoms in total.